The lowest BCUT2D eigenvalue weighted by Crippen LogP contribution is -2.05. The second kappa shape index (κ2) is 37.4. The van der Waals surface area contributed by atoms with Gasteiger partial charge in [-0.15, -0.1) is 0 Å². The number of carbonyl (C=O) groups excluding carboxylic acids is 1. The first-order valence-corrected chi connectivity index (χ1v) is 20.0. The average molecular weight is 605 g/mol. The van der Waals surface area contributed by atoms with Crippen LogP contribution in [0.5, 0.6) is 0 Å². The van der Waals surface area contributed by atoms with Crippen molar-refractivity contribution in [3.8, 4) is 0 Å². The first-order valence-electron chi connectivity index (χ1n) is 20.0. The zero-order valence-corrected chi connectivity index (χ0v) is 30.1. The molecule has 1 unspecified atom stereocenters. The molecular formula is C41H80O2. The second-order valence-electron chi connectivity index (χ2n) is 13.9. The highest BCUT2D eigenvalue weighted by atomic mass is 16.5. The molecule has 43 heavy (non-hydrogen) atoms. The minimum atomic E-state index is 0.0253. The maximum Gasteiger partial charge on any atom is 0.305 e. The number of hydrogen-bond acceptors (Lipinski definition) is 2. The summed E-state index contributed by atoms with van der Waals surface area (Å²) in [5.41, 5.74) is 0. The molecule has 0 amide bonds. The van der Waals surface area contributed by atoms with E-state index in [2.05, 4.69) is 32.9 Å². The van der Waals surface area contributed by atoms with Gasteiger partial charge in [0.2, 0.25) is 0 Å². The molecule has 0 heterocycles. The van der Waals surface area contributed by atoms with Gasteiger partial charge in [0.25, 0.3) is 0 Å². The number of carbonyl (C=O) groups is 1. The van der Waals surface area contributed by atoms with E-state index in [4.69, 9.17) is 4.74 Å². The van der Waals surface area contributed by atoms with Gasteiger partial charge in [-0.25, -0.2) is 0 Å². The molecule has 2 heteroatoms. The Morgan fingerprint density at radius 2 is 0.860 bits per heavy atom. The third-order valence-corrected chi connectivity index (χ3v) is 9.24. The SMILES string of the molecule is CCCCCCCCC=CC(C)CCCCCCCCCCCCC(=O)OCCCCCCCCCCCCCCCC. The van der Waals surface area contributed by atoms with Crippen LogP contribution < -0.4 is 0 Å². The van der Waals surface area contributed by atoms with Crippen LogP contribution in [0.2, 0.25) is 0 Å². The van der Waals surface area contributed by atoms with Crippen molar-refractivity contribution in [1.82, 2.24) is 0 Å². The Hall–Kier alpha value is -0.790. The van der Waals surface area contributed by atoms with Gasteiger partial charge in [-0.05, 0) is 38.0 Å². The number of ether oxygens (including phenoxy) is 1. The highest BCUT2D eigenvalue weighted by Gasteiger charge is 2.03. The van der Waals surface area contributed by atoms with Crippen LogP contribution in [0.25, 0.3) is 0 Å². The molecule has 0 aliphatic carbocycles. The summed E-state index contributed by atoms with van der Waals surface area (Å²) in [6, 6.07) is 0. The summed E-state index contributed by atoms with van der Waals surface area (Å²) in [6.07, 6.45) is 48.7. The Morgan fingerprint density at radius 1 is 0.488 bits per heavy atom. The molecule has 0 aromatic rings. The van der Waals surface area contributed by atoms with Gasteiger partial charge in [-0.3, -0.25) is 4.79 Å². The highest BCUT2D eigenvalue weighted by molar-refractivity contribution is 5.69. The highest BCUT2D eigenvalue weighted by Crippen LogP contribution is 2.16. The molecule has 0 spiro atoms. The smallest absolute Gasteiger partial charge is 0.305 e. The Kier molecular flexibility index (Phi) is 36.7. The molecule has 0 radical (unpaired) electrons. The van der Waals surface area contributed by atoms with E-state index in [0.717, 1.165) is 18.8 Å². The fraction of sp³-hybridized carbons (Fsp3) is 0.927. The number of hydrogen-bond donors (Lipinski definition) is 0. The number of rotatable bonds is 36. The van der Waals surface area contributed by atoms with E-state index in [1.807, 2.05) is 0 Å². The number of allylic oxidation sites excluding steroid dienone is 2. The molecule has 0 aliphatic rings. The molecule has 0 aliphatic heterocycles. The molecule has 1 atom stereocenters. The van der Waals surface area contributed by atoms with Gasteiger partial charge in [0, 0.05) is 6.42 Å². The maximum absolute atomic E-state index is 12.0. The summed E-state index contributed by atoms with van der Waals surface area (Å²) >= 11 is 0. The number of esters is 1. The van der Waals surface area contributed by atoms with Crippen molar-refractivity contribution in [3.63, 3.8) is 0 Å². The first-order chi connectivity index (χ1) is 21.2. The molecule has 0 bridgehead atoms. The largest absolute Gasteiger partial charge is 0.466 e. The normalized spacial score (nSPS) is 12.3. The molecule has 0 rings (SSSR count). The standard InChI is InChI=1S/C41H80O2/c1-4-6-8-10-12-14-15-16-17-20-23-27-31-35-39-43-41(42)38-34-30-26-22-19-18-21-25-29-33-37-40(3)36-32-28-24-13-11-9-7-5-2/h32,36,40H,4-31,33-35,37-39H2,1-3H3. The van der Waals surface area contributed by atoms with Crippen molar-refractivity contribution >= 4 is 5.97 Å². The van der Waals surface area contributed by atoms with Crippen LogP contribution in [-0.4, -0.2) is 12.6 Å². The van der Waals surface area contributed by atoms with Crippen molar-refractivity contribution in [1.29, 1.82) is 0 Å². The first kappa shape index (κ1) is 42.2. The predicted molar refractivity (Wildman–Crippen MR) is 193 cm³/mol. The third kappa shape index (κ3) is 37.3. The topological polar surface area (TPSA) is 26.3 Å². The van der Waals surface area contributed by atoms with Crippen molar-refractivity contribution in [2.45, 2.75) is 233 Å². The fourth-order valence-corrected chi connectivity index (χ4v) is 6.17. The molecule has 0 N–H and O–H groups in total. The third-order valence-electron chi connectivity index (χ3n) is 9.24. The van der Waals surface area contributed by atoms with E-state index in [-0.39, 0.29) is 5.97 Å². The van der Waals surface area contributed by atoms with Crippen LogP contribution in [-0.2, 0) is 9.53 Å². The number of unbranched alkanes of at least 4 members (excludes halogenated alkanes) is 28. The molecule has 0 saturated carbocycles. The molecule has 2 nitrogen and oxygen atoms in total. The lowest BCUT2D eigenvalue weighted by atomic mass is 10.00. The van der Waals surface area contributed by atoms with Gasteiger partial charge < -0.3 is 4.74 Å². The van der Waals surface area contributed by atoms with Crippen LogP contribution in [0.15, 0.2) is 12.2 Å². The van der Waals surface area contributed by atoms with Crippen LogP contribution in [0.4, 0.5) is 0 Å². The Labute approximate surface area is 272 Å². The zero-order valence-electron chi connectivity index (χ0n) is 30.1. The quantitative estimate of drug-likeness (QED) is 0.0404. The van der Waals surface area contributed by atoms with Crippen molar-refractivity contribution in [2.24, 2.45) is 5.92 Å². The van der Waals surface area contributed by atoms with Gasteiger partial charge >= 0.3 is 5.97 Å². The molecule has 0 aromatic heterocycles. The van der Waals surface area contributed by atoms with E-state index in [9.17, 15) is 4.79 Å². The zero-order chi connectivity index (χ0) is 31.3. The minimum Gasteiger partial charge on any atom is -0.466 e. The van der Waals surface area contributed by atoms with E-state index in [1.165, 1.54) is 193 Å². The Morgan fingerprint density at radius 3 is 1.33 bits per heavy atom. The van der Waals surface area contributed by atoms with E-state index >= 15 is 0 Å². The van der Waals surface area contributed by atoms with Crippen molar-refractivity contribution in [3.05, 3.63) is 12.2 Å². The Balaban J connectivity index is 3.25. The summed E-state index contributed by atoms with van der Waals surface area (Å²) in [5, 5.41) is 0. The Bertz CT molecular complexity index is 554. The lowest BCUT2D eigenvalue weighted by Gasteiger charge is -2.07. The van der Waals surface area contributed by atoms with Gasteiger partial charge in [0.15, 0.2) is 0 Å². The van der Waals surface area contributed by atoms with Crippen molar-refractivity contribution in [2.75, 3.05) is 6.61 Å². The van der Waals surface area contributed by atoms with E-state index in [1.54, 1.807) is 0 Å². The molecule has 0 aromatic carbocycles. The minimum absolute atomic E-state index is 0.0253. The lowest BCUT2D eigenvalue weighted by molar-refractivity contribution is -0.143. The van der Waals surface area contributed by atoms with Gasteiger partial charge in [-0.1, -0.05) is 206 Å². The van der Waals surface area contributed by atoms with Crippen molar-refractivity contribution < 1.29 is 9.53 Å². The predicted octanol–water partition coefficient (Wildman–Crippen LogP) is 14.6. The van der Waals surface area contributed by atoms with Crippen LogP contribution in [0.3, 0.4) is 0 Å². The average Bonchev–Trinajstić information content (AvgIpc) is 3.01. The van der Waals surface area contributed by atoms with Crippen LogP contribution >= 0.6 is 0 Å². The second-order valence-corrected chi connectivity index (χ2v) is 13.9. The summed E-state index contributed by atoms with van der Waals surface area (Å²) in [5.74, 6) is 0.777. The fourth-order valence-electron chi connectivity index (χ4n) is 6.17. The summed E-state index contributed by atoms with van der Waals surface area (Å²) < 4.78 is 5.46. The van der Waals surface area contributed by atoms with E-state index in [0.29, 0.717) is 13.0 Å². The monoisotopic (exact) mass is 605 g/mol. The van der Waals surface area contributed by atoms with E-state index < -0.39 is 0 Å². The molecule has 0 saturated heterocycles. The van der Waals surface area contributed by atoms with Gasteiger partial charge in [0.05, 0.1) is 6.61 Å². The van der Waals surface area contributed by atoms with Gasteiger partial charge in [0.1, 0.15) is 0 Å². The van der Waals surface area contributed by atoms with Crippen LogP contribution in [0, 0.1) is 5.92 Å². The molecular weight excluding hydrogens is 524 g/mol. The summed E-state index contributed by atoms with van der Waals surface area (Å²) in [7, 11) is 0. The maximum atomic E-state index is 12.0. The summed E-state index contributed by atoms with van der Waals surface area (Å²) in [6.45, 7) is 7.59. The summed E-state index contributed by atoms with van der Waals surface area (Å²) in [4.78, 5) is 12.0. The van der Waals surface area contributed by atoms with Gasteiger partial charge in [-0.2, -0.15) is 0 Å². The molecule has 0 fully saturated rings. The molecule has 256 valence electrons. The van der Waals surface area contributed by atoms with Crippen LogP contribution in [0.1, 0.15) is 233 Å².